The highest BCUT2D eigenvalue weighted by molar-refractivity contribution is 5.86. The van der Waals surface area contributed by atoms with E-state index in [1.54, 1.807) is 10.9 Å². The summed E-state index contributed by atoms with van der Waals surface area (Å²) in [5, 5.41) is 18.6. The van der Waals surface area contributed by atoms with Gasteiger partial charge in [0.25, 0.3) is 0 Å². The van der Waals surface area contributed by atoms with Crippen LogP contribution in [0.2, 0.25) is 0 Å². The highest BCUT2D eigenvalue weighted by Crippen LogP contribution is 2.27. The van der Waals surface area contributed by atoms with Crippen LogP contribution in [0.5, 0.6) is 0 Å². The summed E-state index contributed by atoms with van der Waals surface area (Å²) < 4.78 is 7.56. The van der Waals surface area contributed by atoms with Crippen molar-refractivity contribution in [1.82, 2.24) is 19.7 Å². The number of aliphatic hydroxyl groups is 1. The molecule has 0 saturated heterocycles. The van der Waals surface area contributed by atoms with Gasteiger partial charge in [-0.05, 0) is 19.1 Å². The molecule has 0 unspecified atom stereocenters. The third-order valence-corrected chi connectivity index (χ3v) is 3.97. The number of rotatable bonds is 5. The van der Waals surface area contributed by atoms with E-state index < -0.39 is 0 Å². The van der Waals surface area contributed by atoms with Crippen molar-refractivity contribution >= 4 is 27.8 Å². The van der Waals surface area contributed by atoms with E-state index in [0.717, 1.165) is 22.1 Å². The molecule has 0 spiro atoms. The standard InChI is InChI=1S/C17H17N5O2/c1-11(15-8-12-4-2-3-5-14(12)24-15)21-16-13-9-20-22(6-7-23)17(13)19-10-18-16/h2-5,8-11,23H,6-7H2,1H3,(H,18,19,21)/t11-/m1/s1. The van der Waals surface area contributed by atoms with Crippen LogP contribution in [0.1, 0.15) is 18.7 Å². The molecule has 1 atom stereocenters. The van der Waals surface area contributed by atoms with Gasteiger partial charge in [-0.2, -0.15) is 5.10 Å². The van der Waals surface area contributed by atoms with Crippen molar-refractivity contribution in [2.75, 3.05) is 11.9 Å². The molecular formula is C17H17N5O2. The van der Waals surface area contributed by atoms with Crippen molar-refractivity contribution in [3.05, 3.63) is 48.6 Å². The summed E-state index contributed by atoms with van der Waals surface area (Å²) in [7, 11) is 0. The monoisotopic (exact) mass is 323 g/mol. The van der Waals surface area contributed by atoms with Crippen LogP contribution in [0.15, 0.2) is 47.3 Å². The number of anilines is 1. The molecule has 0 amide bonds. The predicted octanol–water partition coefficient (Wildman–Crippen LogP) is 2.74. The second-order valence-electron chi connectivity index (χ2n) is 5.60. The lowest BCUT2D eigenvalue weighted by Crippen LogP contribution is -2.08. The Morgan fingerprint density at radius 3 is 3.00 bits per heavy atom. The zero-order valence-electron chi connectivity index (χ0n) is 13.2. The number of furan rings is 1. The molecule has 0 aliphatic carbocycles. The molecule has 4 rings (SSSR count). The highest BCUT2D eigenvalue weighted by atomic mass is 16.3. The van der Waals surface area contributed by atoms with Gasteiger partial charge in [0.05, 0.1) is 30.8 Å². The molecule has 7 nitrogen and oxygen atoms in total. The number of para-hydroxylation sites is 1. The molecule has 7 heteroatoms. The molecule has 2 N–H and O–H groups in total. The zero-order chi connectivity index (χ0) is 16.5. The molecule has 0 radical (unpaired) electrons. The molecule has 0 saturated carbocycles. The third-order valence-electron chi connectivity index (χ3n) is 3.97. The molecule has 122 valence electrons. The molecule has 1 aromatic carbocycles. The van der Waals surface area contributed by atoms with Gasteiger partial charge in [0, 0.05) is 5.39 Å². The first kappa shape index (κ1) is 14.6. The molecular weight excluding hydrogens is 306 g/mol. The predicted molar refractivity (Wildman–Crippen MR) is 90.7 cm³/mol. The first-order valence-electron chi connectivity index (χ1n) is 7.78. The third kappa shape index (κ3) is 2.48. The Kier molecular flexibility index (Phi) is 3.62. The van der Waals surface area contributed by atoms with Gasteiger partial charge in [0.15, 0.2) is 5.65 Å². The van der Waals surface area contributed by atoms with Crippen molar-refractivity contribution in [3.8, 4) is 0 Å². The van der Waals surface area contributed by atoms with Gasteiger partial charge in [0.1, 0.15) is 23.5 Å². The number of nitrogens with one attached hydrogen (secondary N) is 1. The summed E-state index contributed by atoms with van der Waals surface area (Å²) in [6.45, 7) is 2.43. The highest BCUT2D eigenvalue weighted by Gasteiger charge is 2.15. The van der Waals surface area contributed by atoms with Crippen molar-refractivity contribution in [3.63, 3.8) is 0 Å². The van der Waals surface area contributed by atoms with Crippen LogP contribution in [0, 0.1) is 0 Å². The summed E-state index contributed by atoms with van der Waals surface area (Å²) in [5.74, 6) is 1.53. The molecule has 0 aliphatic heterocycles. The summed E-state index contributed by atoms with van der Waals surface area (Å²) in [5.41, 5.74) is 1.56. The van der Waals surface area contributed by atoms with Crippen molar-refractivity contribution in [2.24, 2.45) is 0 Å². The van der Waals surface area contributed by atoms with Crippen LogP contribution < -0.4 is 5.32 Å². The largest absolute Gasteiger partial charge is 0.459 e. The fraction of sp³-hybridized carbons (Fsp3) is 0.235. The summed E-state index contributed by atoms with van der Waals surface area (Å²) in [6.07, 6.45) is 3.20. The summed E-state index contributed by atoms with van der Waals surface area (Å²) >= 11 is 0. The van der Waals surface area contributed by atoms with E-state index in [1.165, 1.54) is 6.33 Å². The number of fused-ring (bicyclic) bond motifs is 2. The van der Waals surface area contributed by atoms with Crippen LogP contribution in [-0.2, 0) is 6.54 Å². The van der Waals surface area contributed by atoms with Crippen LogP contribution in [0.3, 0.4) is 0 Å². The van der Waals surface area contributed by atoms with Crippen molar-refractivity contribution < 1.29 is 9.52 Å². The van der Waals surface area contributed by atoms with Crippen molar-refractivity contribution in [1.29, 1.82) is 0 Å². The van der Waals surface area contributed by atoms with Crippen LogP contribution in [0.4, 0.5) is 5.82 Å². The van der Waals surface area contributed by atoms with Crippen LogP contribution in [0.25, 0.3) is 22.0 Å². The average molecular weight is 323 g/mol. The fourth-order valence-corrected chi connectivity index (χ4v) is 2.76. The van der Waals surface area contributed by atoms with Gasteiger partial charge in [-0.3, -0.25) is 0 Å². The van der Waals surface area contributed by atoms with E-state index in [9.17, 15) is 0 Å². The van der Waals surface area contributed by atoms with E-state index in [2.05, 4.69) is 20.4 Å². The Bertz CT molecular complexity index is 958. The van der Waals surface area contributed by atoms with E-state index in [1.807, 2.05) is 37.3 Å². The Morgan fingerprint density at radius 2 is 2.17 bits per heavy atom. The number of aliphatic hydroxyl groups excluding tert-OH is 1. The van der Waals surface area contributed by atoms with Gasteiger partial charge in [-0.15, -0.1) is 0 Å². The van der Waals surface area contributed by atoms with E-state index >= 15 is 0 Å². The van der Waals surface area contributed by atoms with Crippen LogP contribution in [-0.4, -0.2) is 31.5 Å². The molecule has 3 heterocycles. The topological polar surface area (TPSA) is 89.0 Å². The second kappa shape index (κ2) is 5.93. The lowest BCUT2D eigenvalue weighted by atomic mass is 10.2. The molecule has 0 fully saturated rings. The second-order valence-corrected chi connectivity index (χ2v) is 5.60. The van der Waals surface area contributed by atoms with Gasteiger partial charge in [-0.1, -0.05) is 18.2 Å². The van der Waals surface area contributed by atoms with Gasteiger partial charge in [0.2, 0.25) is 0 Å². The normalized spacial score (nSPS) is 12.8. The molecule has 0 bridgehead atoms. The maximum absolute atomic E-state index is 9.10. The van der Waals surface area contributed by atoms with Gasteiger partial charge >= 0.3 is 0 Å². The number of aromatic nitrogens is 4. The molecule has 24 heavy (non-hydrogen) atoms. The number of hydrogen-bond donors (Lipinski definition) is 2. The first-order valence-corrected chi connectivity index (χ1v) is 7.78. The smallest absolute Gasteiger partial charge is 0.163 e. The Balaban J connectivity index is 1.65. The Labute approximate surface area is 137 Å². The molecule has 0 aliphatic rings. The lowest BCUT2D eigenvalue weighted by Gasteiger charge is -2.12. The number of benzene rings is 1. The Hall–Kier alpha value is -2.93. The first-order chi connectivity index (χ1) is 11.8. The molecule has 4 aromatic rings. The van der Waals surface area contributed by atoms with Gasteiger partial charge in [-0.25, -0.2) is 14.6 Å². The number of hydrogen-bond acceptors (Lipinski definition) is 6. The van der Waals surface area contributed by atoms with E-state index in [-0.39, 0.29) is 12.6 Å². The minimum Gasteiger partial charge on any atom is -0.459 e. The quantitative estimate of drug-likeness (QED) is 0.587. The summed E-state index contributed by atoms with van der Waals surface area (Å²) in [6, 6.07) is 9.89. The minimum absolute atomic E-state index is 0.0128. The zero-order valence-corrected chi connectivity index (χ0v) is 13.2. The Morgan fingerprint density at radius 1 is 1.29 bits per heavy atom. The minimum atomic E-state index is -0.0586. The van der Waals surface area contributed by atoms with Gasteiger partial charge < -0.3 is 14.8 Å². The maximum atomic E-state index is 9.10. The summed E-state index contributed by atoms with van der Waals surface area (Å²) in [4.78, 5) is 8.57. The molecule has 3 aromatic heterocycles. The fourth-order valence-electron chi connectivity index (χ4n) is 2.76. The lowest BCUT2D eigenvalue weighted by molar-refractivity contribution is 0.271. The maximum Gasteiger partial charge on any atom is 0.163 e. The number of nitrogens with zero attached hydrogens (tertiary/aromatic N) is 4. The van der Waals surface area contributed by atoms with E-state index in [0.29, 0.717) is 18.0 Å². The van der Waals surface area contributed by atoms with Crippen LogP contribution >= 0.6 is 0 Å². The SMILES string of the molecule is C[C@@H](Nc1ncnc2c1cnn2CCO)c1cc2ccccc2o1. The van der Waals surface area contributed by atoms with Crippen molar-refractivity contribution in [2.45, 2.75) is 19.5 Å². The van der Waals surface area contributed by atoms with E-state index in [4.69, 9.17) is 9.52 Å². The average Bonchev–Trinajstić information content (AvgIpc) is 3.20.